The topological polar surface area (TPSA) is 65.0 Å². The highest BCUT2D eigenvalue weighted by Crippen LogP contribution is 2.41. The zero-order chi connectivity index (χ0) is 36.7. The molecule has 0 N–H and O–H groups in total. The van der Waals surface area contributed by atoms with Gasteiger partial charge in [-0.2, -0.15) is 0 Å². The molecule has 0 aliphatic heterocycles. The molecule has 9 aromatic carbocycles. The Bertz CT molecular complexity index is 3560. The molecule has 0 aliphatic carbocycles. The Labute approximate surface area is 320 Å². The van der Waals surface area contributed by atoms with Crippen LogP contribution in [-0.2, 0) is 0 Å². The Balaban J connectivity index is 1.12. The first-order valence-electron chi connectivity index (χ1n) is 18.8. The smallest absolute Gasteiger partial charge is 0.164 e. The molecule has 0 fully saturated rings. The molecule has 0 unspecified atom stereocenters. The second-order valence-electron chi connectivity index (χ2n) is 14.3. The number of benzene rings is 9. The maximum absolute atomic E-state index is 6.32. The minimum absolute atomic E-state index is 0.582. The molecule has 5 nitrogen and oxygen atoms in total. The lowest BCUT2D eigenvalue weighted by Crippen LogP contribution is -2.01. The summed E-state index contributed by atoms with van der Waals surface area (Å²) in [6.45, 7) is 0. The van der Waals surface area contributed by atoms with E-state index in [1.807, 2.05) is 48.5 Å². The van der Waals surface area contributed by atoms with Gasteiger partial charge in [-0.05, 0) is 73.8 Å². The Kier molecular flexibility index (Phi) is 6.56. The number of rotatable bonds is 4. The van der Waals surface area contributed by atoms with Crippen molar-refractivity contribution >= 4 is 76.2 Å². The molecule has 3 aromatic heterocycles. The van der Waals surface area contributed by atoms with Crippen LogP contribution < -0.4 is 0 Å². The van der Waals surface area contributed by atoms with E-state index in [2.05, 4.69) is 127 Å². The fourth-order valence-electron chi connectivity index (χ4n) is 8.61. The number of furan rings is 2. The van der Waals surface area contributed by atoms with E-state index in [1.165, 1.54) is 21.5 Å². The largest absolute Gasteiger partial charge is 0.456 e. The fourth-order valence-corrected chi connectivity index (χ4v) is 8.61. The Morgan fingerprint density at radius 3 is 1.59 bits per heavy atom. The van der Waals surface area contributed by atoms with Gasteiger partial charge in [-0.3, -0.25) is 0 Å². The summed E-state index contributed by atoms with van der Waals surface area (Å²) in [6.07, 6.45) is 0. The summed E-state index contributed by atoms with van der Waals surface area (Å²) in [5, 5.41) is 11.3. The summed E-state index contributed by atoms with van der Waals surface area (Å²) in [5.74, 6) is 1.77. The van der Waals surface area contributed by atoms with Crippen LogP contribution in [0.25, 0.3) is 121 Å². The Morgan fingerprint density at radius 2 is 0.804 bits per heavy atom. The third-order valence-electron chi connectivity index (χ3n) is 11.1. The zero-order valence-electron chi connectivity index (χ0n) is 29.9. The summed E-state index contributed by atoms with van der Waals surface area (Å²) >= 11 is 0. The lowest BCUT2D eigenvalue weighted by molar-refractivity contribution is 0.668. The van der Waals surface area contributed by atoms with Crippen molar-refractivity contribution in [3.05, 3.63) is 176 Å². The first-order valence-corrected chi connectivity index (χ1v) is 18.8. The maximum Gasteiger partial charge on any atom is 0.164 e. The van der Waals surface area contributed by atoms with Crippen LogP contribution in [0, 0.1) is 0 Å². The van der Waals surface area contributed by atoms with Crippen molar-refractivity contribution in [1.29, 1.82) is 0 Å². The summed E-state index contributed by atoms with van der Waals surface area (Å²) in [5.41, 5.74) is 8.20. The maximum atomic E-state index is 6.32. The van der Waals surface area contributed by atoms with Gasteiger partial charge in [0, 0.05) is 38.2 Å². The molecule has 5 heteroatoms. The van der Waals surface area contributed by atoms with E-state index < -0.39 is 0 Å². The molecule has 12 aromatic rings. The highest BCUT2D eigenvalue weighted by molar-refractivity contribution is 6.22. The predicted molar refractivity (Wildman–Crippen MR) is 229 cm³/mol. The molecule has 0 atom stereocenters. The average molecular weight is 716 g/mol. The number of aromatic nitrogens is 3. The van der Waals surface area contributed by atoms with Crippen molar-refractivity contribution in [2.24, 2.45) is 0 Å². The van der Waals surface area contributed by atoms with E-state index in [0.717, 1.165) is 82.5 Å². The zero-order valence-corrected chi connectivity index (χ0v) is 29.9. The van der Waals surface area contributed by atoms with E-state index in [9.17, 15) is 0 Å². The Morgan fingerprint density at radius 1 is 0.286 bits per heavy atom. The van der Waals surface area contributed by atoms with Crippen molar-refractivity contribution < 1.29 is 8.83 Å². The quantitative estimate of drug-likeness (QED) is 0.170. The second-order valence-corrected chi connectivity index (χ2v) is 14.3. The average Bonchev–Trinajstić information content (AvgIpc) is 3.84. The van der Waals surface area contributed by atoms with Crippen LogP contribution in [0.2, 0.25) is 0 Å². The highest BCUT2D eigenvalue weighted by Gasteiger charge is 2.20. The van der Waals surface area contributed by atoms with Crippen molar-refractivity contribution in [2.75, 3.05) is 0 Å². The van der Waals surface area contributed by atoms with E-state index >= 15 is 0 Å². The minimum Gasteiger partial charge on any atom is -0.456 e. The number of para-hydroxylation sites is 2. The lowest BCUT2D eigenvalue weighted by atomic mass is 9.94. The van der Waals surface area contributed by atoms with Crippen LogP contribution in [0.15, 0.2) is 185 Å². The lowest BCUT2D eigenvalue weighted by Gasteiger charge is -2.13. The number of fused-ring (bicyclic) bond motifs is 11. The predicted octanol–water partition coefficient (Wildman–Crippen LogP) is 13.8. The molecular formula is C51H29N3O2. The van der Waals surface area contributed by atoms with Crippen LogP contribution in [0.5, 0.6) is 0 Å². The van der Waals surface area contributed by atoms with Gasteiger partial charge in [0.15, 0.2) is 17.5 Å². The molecule has 0 saturated carbocycles. The molecule has 0 amide bonds. The highest BCUT2D eigenvalue weighted by atomic mass is 16.3. The number of hydrogen-bond acceptors (Lipinski definition) is 5. The molecule has 0 radical (unpaired) electrons. The summed E-state index contributed by atoms with van der Waals surface area (Å²) < 4.78 is 12.6. The monoisotopic (exact) mass is 715 g/mol. The SMILES string of the molecule is c1cc(-c2nc(-c3cccc4c3ccc3ccc5ccccc5c34)nc(-c3cccc4oc5ccccc5c34)n2)cc(-c2cccc3oc4ccccc4c23)c1. The third kappa shape index (κ3) is 4.64. The summed E-state index contributed by atoms with van der Waals surface area (Å²) in [7, 11) is 0. The van der Waals surface area contributed by atoms with Gasteiger partial charge in [-0.15, -0.1) is 0 Å². The Hall–Kier alpha value is -7.63. The van der Waals surface area contributed by atoms with Gasteiger partial charge in [0.1, 0.15) is 22.3 Å². The minimum atomic E-state index is 0.582. The van der Waals surface area contributed by atoms with Crippen LogP contribution in [-0.4, -0.2) is 15.0 Å². The van der Waals surface area contributed by atoms with Crippen molar-refractivity contribution in [3.63, 3.8) is 0 Å². The second kappa shape index (κ2) is 11.9. The normalized spacial score (nSPS) is 11.9. The van der Waals surface area contributed by atoms with Crippen molar-refractivity contribution in [2.45, 2.75) is 0 Å². The first kappa shape index (κ1) is 30.8. The molecule has 3 heterocycles. The van der Waals surface area contributed by atoms with Gasteiger partial charge in [-0.1, -0.05) is 146 Å². The van der Waals surface area contributed by atoms with Crippen LogP contribution in [0.4, 0.5) is 0 Å². The van der Waals surface area contributed by atoms with Crippen LogP contribution in [0.1, 0.15) is 0 Å². The van der Waals surface area contributed by atoms with Crippen LogP contribution >= 0.6 is 0 Å². The fraction of sp³-hybridized carbons (Fsp3) is 0. The molecular weight excluding hydrogens is 687 g/mol. The van der Waals surface area contributed by atoms with E-state index in [1.54, 1.807) is 0 Å². The molecule has 0 saturated heterocycles. The molecule has 12 rings (SSSR count). The standard InChI is InChI=1S/C51H29N3O2/c1-2-14-34-30(11-1)25-26-31-27-28-36-37(46(31)34)18-8-19-38(36)50-52-49(53-51(54-50)41-20-10-24-45-48(41)40-16-4-6-22-43(40)56-45)33-13-7-12-32(29-33)35-17-9-23-44-47(35)39-15-3-5-21-42(39)55-44/h1-29H. The van der Waals surface area contributed by atoms with Gasteiger partial charge < -0.3 is 8.83 Å². The van der Waals surface area contributed by atoms with Crippen molar-refractivity contribution in [3.8, 4) is 45.3 Å². The van der Waals surface area contributed by atoms with Gasteiger partial charge >= 0.3 is 0 Å². The molecule has 0 spiro atoms. The van der Waals surface area contributed by atoms with Gasteiger partial charge in [0.25, 0.3) is 0 Å². The number of nitrogens with zero attached hydrogens (tertiary/aromatic N) is 3. The molecule has 56 heavy (non-hydrogen) atoms. The number of hydrogen-bond donors (Lipinski definition) is 0. The third-order valence-corrected chi connectivity index (χ3v) is 11.1. The first-order chi connectivity index (χ1) is 27.7. The van der Waals surface area contributed by atoms with Gasteiger partial charge in [-0.25, -0.2) is 15.0 Å². The van der Waals surface area contributed by atoms with Gasteiger partial charge in [0.05, 0.1) is 0 Å². The van der Waals surface area contributed by atoms with E-state index in [0.29, 0.717) is 17.5 Å². The van der Waals surface area contributed by atoms with Gasteiger partial charge in [0.2, 0.25) is 0 Å². The summed E-state index contributed by atoms with van der Waals surface area (Å²) in [4.78, 5) is 15.9. The van der Waals surface area contributed by atoms with E-state index in [-0.39, 0.29) is 0 Å². The van der Waals surface area contributed by atoms with E-state index in [4.69, 9.17) is 23.8 Å². The van der Waals surface area contributed by atoms with Crippen LogP contribution in [0.3, 0.4) is 0 Å². The molecule has 0 aliphatic rings. The molecule has 260 valence electrons. The van der Waals surface area contributed by atoms with Crippen molar-refractivity contribution in [1.82, 2.24) is 15.0 Å². The summed E-state index contributed by atoms with van der Waals surface area (Å²) in [6, 6.07) is 61.0. The molecule has 0 bridgehead atoms.